The predicted molar refractivity (Wildman–Crippen MR) is 129 cm³/mol. The number of aromatic nitrogens is 6. The number of ether oxygens (including phenoxy) is 1. The molecule has 0 spiro atoms. The Labute approximate surface area is 276 Å². The number of amides is 1. The average Bonchev–Trinajstić information content (AvgIpc) is 3.59. The van der Waals surface area contributed by atoms with Gasteiger partial charge in [0.15, 0.2) is 5.82 Å². The maximum atomic E-state index is 14.6. The molecule has 1 aliphatic rings. The van der Waals surface area contributed by atoms with E-state index in [-0.39, 0.29) is 94.0 Å². The average molecular weight is 607 g/mol. The Morgan fingerprint density at radius 3 is 2.75 bits per heavy atom. The van der Waals surface area contributed by atoms with Gasteiger partial charge in [-0.1, -0.05) is 0 Å². The van der Waals surface area contributed by atoms with Crippen molar-refractivity contribution in [2.45, 2.75) is 38.6 Å². The van der Waals surface area contributed by atoms with Gasteiger partial charge in [0.2, 0.25) is 0 Å². The molecule has 0 radical (unpaired) electrons. The van der Waals surface area contributed by atoms with Crippen molar-refractivity contribution in [1.82, 2.24) is 29.5 Å². The quantitative estimate of drug-likeness (QED) is 0.139. The summed E-state index contributed by atoms with van der Waals surface area (Å²) < 4.78 is 37.9. The standard InChI is InChI=1S/C22H23FN7O6PS.2Na/c1-2-35-15-6-14(7-15)30-10-17(20(28-30)19-16(23)4-3-5-24-19)26-21(31)18-11-38-22(27-18)13-8-25-29(9-13)12-36-37(32,33)34;;/h3-5,8-11,14-15H,2,6-7,12H2,1H3,(H,26,31)(H2,32,33,34);;/q;2*+1/p-2. The van der Waals surface area contributed by atoms with Crippen LogP contribution in [0.5, 0.6) is 0 Å². The minimum atomic E-state index is -5.14. The summed E-state index contributed by atoms with van der Waals surface area (Å²) in [6.45, 7) is 1.98. The number of hydrogen-bond acceptors (Lipinski definition) is 11. The normalized spacial score (nSPS) is 16.5. The molecule has 13 nitrogen and oxygen atoms in total. The second-order valence-electron chi connectivity index (χ2n) is 8.37. The minimum Gasteiger partial charge on any atom is -0.790 e. The zero-order chi connectivity index (χ0) is 26.9. The van der Waals surface area contributed by atoms with Crippen molar-refractivity contribution in [3.8, 4) is 22.0 Å². The van der Waals surface area contributed by atoms with Crippen LogP contribution in [0, 0.1) is 5.82 Å². The van der Waals surface area contributed by atoms with Crippen LogP contribution in [0.1, 0.15) is 36.3 Å². The molecule has 0 unspecified atom stereocenters. The maximum Gasteiger partial charge on any atom is 1.00 e. The summed E-state index contributed by atoms with van der Waals surface area (Å²) in [6.07, 6.45) is 7.56. The number of hydrogen-bond donors (Lipinski definition) is 1. The molecule has 18 heteroatoms. The molecule has 200 valence electrons. The Bertz CT molecular complexity index is 1510. The Kier molecular flexibility index (Phi) is 11.8. The number of pyridine rings is 1. The summed E-state index contributed by atoms with van der Waals surface area (Å²) in [6, 6.07) is 2.79. The van der Waals surface area contributed by atoms with Crippen molar-refractivity contribution < 1.29 is 91.9 Å². The molecule has 0 saturated heterocycles. The molecular weight excluding hydrogens is 586 g/mol. The predicted octanol–water partition coefficient (Wildman–Crippen LogP) is -3.79. The number of thiazole rings is 1. The van der Waals surface area contributed by atoms with Gasteiger partial charge in [0.25, 0.3) is 5.91 Å². The molecule has 1 amide bonds. The van der Waals surface area contributed by atoms with Gasteiger partial charge >= 0.3 is 59.1 Å². The van der Waals surface area contributed by atoms with E-state index >= 15 is 0 Å². The number of phosphoric ester groups is 1. The number of halogens is 1. The van der Waals surface area contributed by atoms with Crippen molar-refractivity contribution in [3.05, 3.63) is 53.8 Å². The van der Waals surface area contributed by atoms with Crippen molar-refractivity contribution in [1.29, 1.82) is 0 Å². The number of nitrogens with zero attached hydrogens (tertiary/aromatic N) is 6. The zero-order valence-corrected chi connectivity index (χ0v) is 27.6. The van der Waals surface area contributed by atoms with Crippen molar-refractivity contribution in [3.63, 3.8) is 0 Å². The smallest absolute Gasteiger partial charge is 0.790 e. The van der Waals surface area contributed by atoms with Crippen LogP contribution in [0.15, 0.2) is 42.3 Å². The summed E-state index contributed by atoms with van der Waals surface area (Å²) in [5.74, 6) is -1.11. The molecule has 1 saturated carbocycles. The molecule has 0 aliphatic heterocycles. The van der Waals surface area contributed by atoms with Crippen LogP contribution >= 0.6 is 19.2 Å². The van der Waals surface area contributed by atoms with Crippen LogP contribution in [0.25, 0.3) is 22.0 Å². The number of carbonyl (C=O) groups excluding carboxylic acids is 1. The minimum absolute atomic E-state index is 0. The third kappa shape index (κ3) is 7.94. The van der Waals surface area contributed by atoms with Gasteiger partial charge in [-0.25, -0.2) is 14.1 Å². The molecular formula is C22H21FN7Na2O6PS. The van der Waals surface area contributed by atoms with Crippen LogP contribution in [-0.4, -0.2) is 48.1 Å². The summed E-state index contributed by atoms with van der Waals surface area (Å²) in [7, 11) is -5.14. The van der Waals surface area contributed by atoms with Gasteiger partial charge in [0.05, 0.1) is 31.9 Å². The van der Waals surface area contributed by atoms with E-state index in [4.69, 9.17) is 4.74 Å². The number of carbonyl (C=O) groups is 1. The third-order valence-corrected chi connectivity index (χ3v) is 7.10. The second-order valence-corrected chi connectivity index (χ2v) is 10.4. The molecule has 1 fully saturated rings. The largest absolute Gasteiger partial charge is 1.00 e. The molecule has 5 rings (SSSR count). The Morgan fingerprint density at radius 2 is 2.05 bits per heavy atom. The van der Waals surface area contributed by atoms with E-state index in [0.717, 1.165) is 28.9 Å². The Hall–Kier alpha value is -1.33. The van der Waals surface area contributed by atoms with Crippen LogP contribution in [0.4, 0.5) is 10.1 Å². The molecule has 1 N–H and O–H groups in total. The van der Waals surface area contributed by atoms with Crippen LogP contribution in [0.2, 0.25) is 0 Å². The van der Waals surface area contributed by atoms with Crippen molar-refractivity contribution in [2.24, 2.45) is 0 Å². The molecule has 0 atom stereocenters. The van der Waals surface area contributed by atoms with Gasteiger partial charge in [-0.05, 0) is 31.9 Å². The van der Waals surface area contributed by atoms with E-state index < -0.39 is 26.3 Å². The zero-order valence-electron chi connectivity index (χ0n) is 21.9. The molecule has 0 aromatic carbocycles. The van der Waals surface area contributed by atoms with Gasteiger partial charge in [0, 0.05) is 36.1 Å². The Balaban J connectivity index is 0.00000220. The first-order chi connectivity index (χ1) is 18.2. The van der Waals surface area contributed by atoms with Gasteiger partial charge in [-0.15, -0.1) is 11.3 Å². The van der Waals surface area contributed by atoms with Gasteiger partial charge in [-0.2, -0.15) is 10.2 Å². The summed E-state index contributed by atoms with van der Waals surface area (Å²) in [5.41, 5.74) is 1.07. The first-order valence-electron chi connectivity index (χ1n) is 11.5. The third-order valence-electron chi connectivity index (χ3n) is 5.77. The van der Waals surface area contributed by atoms with Gasteiger partial charge in [0.1, 0.15) is 28.8 Å². The van der Waals surface area contributed by atoms with Crippen LogP contribution in [0.3, 0.4) is 0 Å². The van der Waals surface area contributed by atoms with Gasteiger partial charge in [-0.3, -0.25) is 14.5 Å². The first-order valence-corrected chi connectivity index (χ1v) is 13.8. The van der Waals surface area contributed by atoms with Crippen molar-refractivity contribution in [2.75, 3.05) is 11.9 Å². The Morgan fingerprint density at radius 1 is 1.27 bits per heavy atom. The maximum absolute atomic E-state index is 14.6. The SMILES string of the molecule is CCOC1CC(n2cc(NC(=O)c3csc(-c4cnn(COP(=O)([O-])[O-])c4)n3)c(-c3ncccc3F)n2)C1.[Na+].[Na+]. The second kappa shape index (κ2) is 14.2. The van der Waals surface area contributed by atoms with Gasteiger partial charge < -0.3 is 28.9 Å². The van der Waals surface area contributed by atoms with E-state index in [1.54, 1.807) is 10.9 Å². The van der Waals surface area contributed by atoms with E-state index in [2.05, 4.69) is 30.0 Å². The molecule has 4 aromatic heterocycles. The molecule has 40 heavy (non-hydrogen) atoms. The monoisotopic (exact) mass is 607 g/mol. The van der Waals surface area contributed by atoms with E-state index in [0.29, 0.717) is 17.2 Å². The van der Waals surface area contributed by atoms with E-state index in [1.807, 2.05) is 6.92 Å². The molecule has 4 heterocycles. The molecule has 1 aliphatic carbocycles. The number of anilines is 1. The molecule has 0 bridgehead atoms. The first kappa shape index (κ1) is 33.2. The molecule has 4 aromatic rings. The van der Waals surface area contributed by atoms with Crippen molar-refractivity contribution >= 4 is 30.8 Å². The number of rotatable bonds is 10. The fourth-order valence-electron chi connectivity index (χ4n) is 3.90. The fraction of sp³-hybridized carbons (Fsp3) is 0.318. The van der Waals surface area contributed by atoms with Crippen LogP contribution < -0.4 is 74.2 Å². The van der Waals surface area contributed by atoms with E-state index in [9.17, 15) is 23.5 Å². The summed E-state index contributed by atoms with van der Waals surface area (Å²) in [4.78, 5) is 42.8. The number of nitrogens with one attached hydrogen (secondary N) is 1. The summed E-state index contributed by atoms with van der Waals surface area (Å²) >= 11 is 1.16. The summed E-state index contributed by atoms with van der Waals surface area (Å²) in [5, 5.41) is 13.2. The van der Waals surface area contributed by atoms with Crippen LogP contribution in [-0.2, 0) is 20.6 Å². The fourth-order valence-corrected chi connectivity index (χ4v) is 4.94. The topological polar surface area (TPSA) is 172 Å². The van der Waals surface area contributed by atoms with E-state index in [1.165, 1.54) is 36.1 Å². The number of phosphoric acid groups is 1.